The van der Waals surface area contributed by atoms with E-state index in [1.807, 2.05) is 4.90 Å². The summed E-state index contributed by atoms with van der Waals surface area (Å²) < 4.78 is 40.9. The third kappa shape index (κ3) is 4.40. The Morgan fingerprint density at radius 1 is 1.14 bits per heavy atom. The normalized spacial score (nSPS) is 14.1. The summed E-state index contributed by atoms with van der Waals surface area (Å²) in [6.07, 6.45) is 3.49. The summed E-state index contributed by atoms with van der Waals surface area (Å²) in [5, 5.41) is 2.63. The first kappa shape index (κ1) is 20.0. The zero-order valence-electron chi connectivity index (χ0n) is 15.3. The number of amides is 1. The summed E-state index contributed by atoms with van der Waals surface area (Å²) in [4.78, 5) is 14.7. The second kappa shape index (κ2) is 8.53. The summed E-state index contributed by atoms with van der Waals surface area (Å²) >= 11 is 0. The maximum Gasteiger partial charge on any atom is 0.255 e. The van der Waals surface area contributed by atoms with Crippen LogP contribution in [0.1, 0.15) is 23.2 Å². The molecule has 148 valence electrons. The molecule has 0 bridgehead atoms. The van der Waals surface area contributed by atoms with Crippen LogP contribution in [0.15, 0.2) is 60.0 Å². The predicted octanol–water partition coefficient (Wildman–Crippen LogP) is 3.14. The van der Waals surface area contributed by atoms with Crippen LogP contribution >= 0.6 is 0 Å². The molecule has 0 aliphatic carbocycles. The van der Waals surface area contributed by atoms with E-state index in [4.69, 9.17) is 0 Å². The Morgan fingerprint density at radius 3 is 2.46 bits per heavy atom. The zero-order chi connectivity index (χ0) is 20.1. The van der Waals surface area contributed by atoms with Crippen LogP contribution in [0, 0.1) is 5.82 Å². The van der Waals surface area contributed by atoms with Gasteiger partial charge in [0.25, 0.3) is 5.91 Å². The lowest BCUT2D eigenvalue weighted by Crippen LogP contribution is -2.24. The molecule has 1 saturated heterocycles. The average molecular weight is 403 g/mol. The van der Waals surface area contributed by atoms with E-state index in [1.54, 1.807) is 12.1 Å². The van der Waals surface area contributed by atoms with Crippen LogP contribution in [0.2, 0.25) is 0 Å². The van der Waals surface area contributed by atoms with Crippen molar-refractivity contribution in [3.8, 4) is 0 Å². The maximum absolute atomic E-state index is 14.4. The Labute approximate surface area is 164 Å². The summed E-state index contributed by atoms with van der Waals surface area (Å²) in [7, 11) is -3.67. The summed E-state index contributed by atoms with van der Waals surface area (Å²) in [6.45, 7) is 5.20. The predicted molar refractivity (Wildman–Crippen MR) is 108 cm³/mol. The number of hydrogen-bond donors (Lipinski definition) is 2. The van der Waals surface area contributed by atoms with Gasteiger partial charge in [-0.05, 0) is 49.2 Å². The van der Waals surface area contributed by atoms with Crippen LogP contribution in [0.5, 0.6) is 0 Å². The number of rotatable bonds is 7. The molecule has 0 unspecified atom stereocenters. The van der Waals surface area contributed by atoms with Gasteiger partial charge in [-0.15, -0.1) is 6.58 Å². The van der Waals surface area contributed by atoms with Gasteiger partial charge in [0.15, 0.2) is 0 Å². The molecule has 2 aromatic rings. The van der Waals surface area contributed by atoms with Crippen molar-refractivity contribution in [1.29, 1.82) is 0 Å². The third-order valence-electron chi connectivity index (χ3n) is 4.52. The first-order valence-corrected chi connectivity index (χ1v) is 10.5. The van der Waals surface area contributed by atoms with E-state index in [2.05, 4.69) is 16.6 Å². The first-order valence-electron chi connectivity index (χ1n) is 8.98. The Hall–Kier alpha value is -2.71. The summed E-state index contributed by atoms with van der Waals surface area (Å²) in [6, 6.07) is 10.2. The molecule has 1 fully saturated rings. The van der Waals surface area contributed by atoms with Gasteiger partial charge in [0, 0.05) is 25.2 Å². The molecule has 0 aromatic heterocycles. The largest absolute Gasteiger partial charge is 0.370 e. The number of nitrogens with zero attached hydrogens (tertiary/aromatic N) is 1. The number of nitrogens with one attached hydrogen (secondary N) is 2. The van der Waals surface area contributed by atoms with Gasteiger partial charge in [-0.1, -0.05) is 12.1 Å². The lowest BCUT2D eigenvalue weighted by Gasteiger charge is -2.22. The second-order valence-electron chi connectivity index (χ2n) is 6.45. The number of carbonyl (C=O) groups excluding carboxylic acids is 1. The molecule has 6 nitrogen and oxygen atoms in total. The zero-order valence-corrected chi connectivity index (χ0v) is 16.1. The van der Waals surface area contributed by atoms with Crippen LogP contribution < -0.4 is 14.9 Å². The van der Waals surface area contributed by atoms with Gasteiger partial charge >= 0.3 is 0 Å². The molecule has 1 heterocycles. The van der Waals surface area contributed by atoms with Crippen molar-refractivity contribution in [2.24, 2.45) is 0 Å². The molecule has 0 saturated carbocycles. The van der Waals surface area contributed by atoms with Gasteiger partial charge in [0.05, 0.1) is 10.6 Å². The minimum Gasteiger partial charge on any atom is -0.370 e. The lowest BCUT2D eigenvalue weighted by molar-refractivity contribution is 0.102. The van der Waals surface area contributed by atoms with Gasteiger partial charge in [0.1, 0.15) is 11.5 Å². The fraction of sp³-hybridized carbons (Fsp3) is 0.250. The fourth-order valence-corrected chi connectivity index (χ4v) is 4.08. The van der Waals surface area contributed by atoms with Crippen molar-refractivity contribution in [2.75, 3.05) is 29.9 Å². The van der Waals surface area contributed by atoms with Gasteiger partial charge in [-0.2, -0.15) is 0 Å². The van der Waals surface area contributed by atoms with Crippen molar-refractivity contribution in [1.82, 2.24) is 4.72 Å². The Morgan fingerprint density at radius 2 is 1.82 bits per heavy atom. The molecular formula is C20H22FN3O3S. The topological polar surface area (TPSA) is 78.5 Å². The van der Waals surface area contributed by atoms with Crippen LogP contribution in [0.3, 0.4) is 0 Å². The van der Waals surface area contributed by atoms with Crippen LogP contribution in [0.25, 0.3) is 0 Å². The number of anilines is 2. The maximum atomic E-state index is 14.4. The van der Waals surface area contributed by atoms with Gasteiger partial charge in [-0.3, -0.25) is 4.79 Å². The van der Waals surface area contributed by atoms with E-state index in [0.717, 1.165) is 25.9 Å². The number of halogens is 1. The van der Waals surface area contributed by atoms with Gasteiger partial charge < -0.3 is 10.2 Å². The number of hydrogen-bond acceptors (Lipinski definition) is 4. The van der Waals surface area contributed by atoms with E-state index < -0.39 is 21.7 Å². The molecule has 1 aliphatic rings. The van der Waals surface area contributed by atoms with Crippen molar-refractivity contribution in [2.45, 2.75) is 17.7 Å². The molecule has 3 rings (SSSR count). The monoisotopic (exact) mass is 403 g/mol. The van der Waals surface area contributed by atoms with E-state index in [0.29, 0.717) is 5.69 Å². The van der Waals surface area contributed by atoms with E-state index >= 15 is 0 Å². The molecule has 8 heteroatoms. The molecule has 0 radical (unpaired) electrons. The van der Waals surface area contributed by atoms with Gasteiger partial charge in [-0.25, -0.2) is 17.5 Å². The highest BCUT2D eigenvalue weighted by atomic mass is 32.2. The Bertz CT molecular complexity index is 969. The van der Waals surface area contributed by atoms with Gasteiger partial charge in [0.2, 0.25) is 10.0 Å². The summed E-state index contributed by atoms with van der Waals surface area (Å²) in [5.74, 6) is -1.01. The summed E-state index contributed by atoms with van der Waals surface area (Å²) in [5.41, 5.74) is 1.02. The average Bonchev–Trinajstić information content (AvgIpc) is 3.22. The Balaban J connectivity index is 1.80. The number of para-hydroxylation sites is 1. The van der Waals surface area contributed by atoms with Crippen LogP contribution in [0.4, 0.5) is 15.8 Å². The Kier molecular flexibility index (Phi) is 6.11. The standard InChI is InChI=1S/C20H22FN3O3S/c1-2-12-22-28(26,27)16-10-8-15(9-11-16)20(25)23-19-17(21)6-5-7-18(19)24-13-3-4-14-24/h2,5-11,22H,1,3-4,12-14H2,(H,23,25). The highest BCUT2D eigenvalue weighted by molar-refractivity contribution is 7.89. The lowest BCUT2D eigenvalue weighted by atomic mass is 10.2. The number of sulfonamides is 1. The number of carbonyl (C=O) groups is 1. The third-order valence-corrected chi connectivity index (χ3v) is 5.96. The van der Waals surface area contributed by atoms with Crippen molar-refractivity contribution in [3.05, 3.63) is 66.5 Å². The highest BCUT2D eigenvalue weighted by Crippen LogP contribution is 2.31. The van der Waals surface area contributed by atoms with Crippen LogP contribution in [-0.4, -0.2) is 34.0 Å². The minimum atomic E-state index is -3.67. The van der Waals surface area contributed by atoms with Crippen molar-refractivity contribution in [3.63, 3.8) is 0 Å². The fourth-order valence-electron chi connectivity index (χ4n) is 3.08. The molecule has 0 atom stereocenters. The SMILES string of the molecule is C=CCNS(=O)(=O)c1ccc(C(=O)Nc2c(F)cccc2N2CCCC2)cc1. The molecule has 2 N–H and O–H groups in total. The van der Waals surface area contributed by atoms with E-state index in [9.17, 15) is 17.6 Å². The second-order valence-corrected chi connectivity index (χ2v) is 8.21. The molecule has 0 spiro atoms. The van der Waals surface area contributed by atoms with Crippen molar-refractivity contribution >= 4 is 27.3 Å². The molecular weight excluding hydrogens is 381 g/mol. The highest BCUT2D eigenvalue weighted by Gasteiger charge is 2.20. The quantitative estimate of drug-likeness (QED) is 0.696. The molecule has 28 heavy (non-hydrogen) atoms. The molecule has 2 aromatic carbocycles. The first-order chi connectivity index (χ1) is 13.4. The smallest absolute Gasteiger partial charge is 0.255 e. The van der Waals surface area contributed by atoms with E-state index in [-0.39, 0.29) is 22.7 Å². The molecule has 1 amide bonds. The number of benzene rings is 2. The minimum absolute atomic E-state index is 0.0366. The molecule has 1 aliphatic heterocycles. The van der Waals surface area contributed by atoms with Crippen molar-refractivity contribution < 1.29 is 17.6 Å². The van der Waals surface area contributed by atoms with E-state index in [1.165, 1.54) is 36.4 Å². The van der Waals surface area contributed by atoms with Crippen LogP contribution in [-0.2, 0) is 10.0 Å².